The van der Waals surface area contributed by atoms with Crippen molar-refractivity contribution in [1.29, 1.82) is 0 Å². The molecule has 2 unspecified atom stereocenters. The van der Waals surface area contributed by atoms with E-state index in [2.05, 4.69) is 5.32 Å². The predicted molar refractivity (Wildman–Crippen MR) is 113 cm³/mol. The summed E-state index contributed by atoms with van der Waals surface area (Å²) in [6.45, 7) is -0.568. The van der Waals surface area contributed by atoms with Crippen molar-refractivity contribution in [1.82, 2.24) is 9.80 Å². The first kappa shape index (κ1) is 22.8. The number of nitrogens with zero attached hydrogens (tertiary/aromatic N) is 2. The van der Waals surface area contributed by atoms with Gasteiger partial charge < -0.3 is 10.2 Å². The fourth-order valence-electron chi connectivity index (χ4n) is 3.61. The van der Waals surface area contributed by atoms with Crippen molar-refractivity contribution in [2.75, 3.05) is 11.9 Å². The van der Waals surface area contributed by atoms with Gasteiger partial charge in [0, 0.05) is 5.69 Å². The zero-order valence-corrected chi connectivity index (χ0v) is 17.7. The Bertz CT molecular complexity index is 1120. The van der Waals surface area contributed by atoms with Crippen molar-refractivity contribution >= 4 is 35.3 Å². The standard InChI is InChI=1S/C22H17F4N3O3S/c23-15-6-4-13(5-7-15)11-29-20(31)19-17(8-9-33-19)28(21(29)32)12-18(30)27-16-3-1-2-14(10-16)22(24,25)26/h1-10,17,19H,11-12H2,(H,27,30). The van der Waals surface area contributed by atoms with Gasteiger partial charge in [-0.25, -0.2) is 9.18 Å². The maximum absolute atomic E-state index is 13.2. The average Bonchev–Trinajstić information content (AvgIpc) is 3.25. The summed E-state index contributed by atoms with van der Waals surface area (Å²) in [6, 6.07) is 8.11. The molecule has 0 spiro atoms. The molecule has 0 aromatic heterocycles. The molecule has 11 heteroatoms. The Labute approximate surface area is 190 Å². The number of alkyl halides is 3. The highest BCUT2D eigenvalue weighted by Crippen LogP contribution is 2.35. The number of halogens is 4. The summed E-state index contributed by atoms with van der Waals surface area (Å²) >= 11 is 1.21. The van der Waals surface area contributed by atoms with Crippen molar-refractivity contribution in [3.05, 3.63) is 77.0 Å². The number of hydrogen-bond acceptors (Lipinski definition) is 4. The summed E-state index contributed by atoms with van der Waals surface area (Å²) in [5.74, 6) is -1.60. The normalized spacial score (nSPS) is 20.2. The lowest BCUT2D eigenvalue weighted by Crippen LogP contribution is -2.62. The predicted octanol–water partition coefficient (Wildman–Crippen LogP) is 4.25. The highest BCUT2D eigenvalue weighted by atomic mass is 32.2. The van der Waals surface area contributed by atoms with E-state index >= 15 is 0 Å². The van der Waals surface area contributed by atoms with Gasteiger partial charge in [0.15, 0.2) is 0 Å². The van der Waals surface area contributed by atoms with Crippen LogP contribution in [0.2, 0.25) is 0 Å². The molecule has 172 valence electrons. The minimum Gasteiger partial charge on any atom is -0.325 e. The van der Waals surface area contributed by atoms with Gasteiger partial charge in [-0.2, -0.15) is 13.2 Å². The van der Waals surface area contributed by atoms with Crippen molar-refractivity contribution < 1.29 is 31.9 Å². The van der Waals surface area contributed by atoms with Crippen LogP contribution in [0.1, 0.15) is 11.1 Å². The number of amides is 4. The summed E-state index contributed by atoms with van der Waals surface area (Å²) < 4.78 is 52.0. The van der Waals surface area contributed by atoms with E-state index in [1.165, 1.54) is 53.1 Å². The summed E-state index contributed by atoms with van der Waals surface area (Å²) in [5, 5.41) is 3.39. The van der Waals surface area contributed by atoms with E-state index in [9.17, 15) is 31.9 Å². The largest absolute Gasteiger partial charge is 0.416 e. The minimum atomic E-state index is -4.57. The number of nitrogens with one attached hydrogen (secondary N) is 1. The smallest absolute Gasteiger partial charge is 0.325 e. The first-order valence-electron chi connectivity index (χ1n) is 9.79. The van der Waals surface area contributed by atoms with E-state index in [1.54, 1.807) is 11.5 Å². The van der Waals surface area contributed by atoms with Gasteiger partial charge in [-0.1, -0.05) is 24.3 Å². The van der Waals surface area contributed by atoms with Gasteiger partial charge in [0.2, 0.25) is 11.8 Å². The Morgan fingerprint density at radius 1 is 1.09 bits per heavy atom. The van der Waals surface area contributed by atoms with E-state index < -0.39 is 53.2 Å². The van der Waals surface area contributed by atoms with Gasteiger partial charge in [-0.3, -0.25) is 14.5 Å². The van der Waals surface area contributed by atoms with Crippen LogP contribution in [0.15, 0.2) is 60.0 Å². The van der Waals surface area contributed by atoms with E-state index in [-0.39, 0.29) is 12.2 Å². The maximum atomic E-state index is 13.2. The van der Waals surface area contributed by atoms with Gasteiger partial charge in [0.05, 0.1) is 18.2 Å². The van der Waals surface area contributed by atoms with Crippen LogP contribution in [0, 0.1) is 5.82 Å². The fraction of sp³-hybridized carbons (Fsp3) is 0.227. The zero-order chi connectivity index (χ0) is 23.8. The molecule has 0 radical (unpaired) electrons. The summed E-state index contributed by atoms with van der Waals surface area (Å²) in [4.78, 5) is 40.8. The Kier molecular flexibility index (Phi) is 6.15. The minimum absolute atomic E-state index is 0.0635. The molecule has 33 heavy (non-hydrogen) atoms. The Morgan fingerprint density at radius 3 is 2.52 bits per heavy atom. The third-order valence-electron chi connectivity index (χ3n) is 5.20. The third-order valence-corrected chi connectivity index (χ3v) is 6.29. The summed E-state index contributed by atoms with van der Waals surface area (Å²) in [7, 11) is 0. The van der Waals surface area contributed by atoms with Crippen LogP contribution >= 0.6 is 11.8 Å². The second-order valence-electron chi connectivity index (χ2n) is 7.46. The van der Waals surface area contributed by atoms with E-state index in [0.717, 1.165) is 17.0 Å². The van der Waals surface area contributed by atoms with Gasteiger partial charge >= 0.3 is 12.2 Å². The Morgan fingerprint density at radius 2 is 1.82 bits per heavy atom. The SMILES string of the molecule is O=C(CN1C(=O)N(Cc2ccc(F)cc2)C(=O)C2SC=CC21)Nc1cccc(C(F)(F)F)c1. The molecule has 2 aliphatic rings. The molecule has 1 saturated heterocycles. The monoisotopic (exact) mass is 479 g/mol. The maximum Gasteiger partial charge on any atom is 0.416 e. The number of fused-ring (bicyclic) bond motifs is 1. The fourth-order valence-corrected chi connectivity index (χ4v) is 4.68. The number of anilines is 1. The summed E-state index contributed by atoms with van der Waals surface area (Å²) in [5.41, 5.74) is -0.451. The van der Waals surface area contributed by atoms with Crippen molar-refractivity contribution in [3.63, 3.8) is 0 Å². The zero-order valence-electron chi connectivity index (χ0n) is 16.9. The molecule has 0 aliphatic carbocycles. The van der Waals surface area contributed by atoms with Crippen molar-refractivity contribution in [3.8, 4) is 0 Å². The lowest BCUT2D eigenvalue weighted by molar-refractivity contribution is -0.137. The van der Waals surface area contributed by atoms with Gasteiger partial charge in [-0.05, 0) is 41.3 Å². The van der Waals surface area contributed by atoms with Crippen LogP contribution in [-0.2, 0) is 22.3 Å². The molecular weight excluding hydrogens is 462 g/mol. The molecular formula is C22H17F4N3O3S. The quantitative estimate of drug-likeness (QED) is 0.652. The average molecular weight is 479 g/mol. The molecule has 0 bridgehead atoms. The van der Waals surface area contributed by atoms with Crippen molar-refractivity contribution in [2.45, 2.75) is 24.0 Å². The van der Waals surface area contributed by atoms with E-state index in [0.29, 0.717) is 5.56 Å². The number of carbonyl (C=O) groups excluding carboxylic acids is 3. The lowest BCUT2D eigenvalue weighted by atomic mass is 10.1. The second-order valence-corrected chi connectivity index (χ2v) is 8.52. The molecule has 4 amide bonds. The molecule has 2 heterocycles. The van der Waals surface area contributed by atoms with E-state index in [4.69, 9.17) is 0 Å². The van der Waals surface area contributed by atoms with Crippen LogP contribution in [-0.4, -0.2) is 45.5 Å². The highest BCUT2D eigenvalue weighted by Gasteiger charge is 2.47. The number of carbonyl (C=O) groups is 3. The molecule has 2 aromatic rings. The molecule has 1 fully saturated rings. The molecule has 4 rings (SSSR count). The van der Waals surface area contributed by atoms with Gasteiger partial charge in [-0.15, -0.1) is 11.8 Å². The molecule has 0 saturated carbocycles. The molecule has 2 atom stereocenters. The molecule has 2 aliphatic heterocycles. The van der Waals surface area contributed by atoms with Crippen LogP contribution in [0.3, 0.4) is 0 Å². The number of hydrogen-bond donors (Lipinski definition) is 1. The van der Waals surface area contributed by atoms with Gasteiger partial charge in [0.1, 0.15) is 17.6 Å². The van der Waals surface area contributed by atoms with E-state index in [1.807, 2.05) is 0 Å². The topological polar surface area (TPSA) is 69.7 Å². The first-order valence-corrected chi connectivity index (χ1v) is 10.7. The number of thioether (sulfide) groups is 1. The highest BCUT2D eigenvalue weighted by molar-refractivity contribution is 8.03. The number of benzene rings is 2. The molecule has 2 aromatic carbocycles. The Hall–Kier alpha value is -3.34. The first-order chi connectivity index (χ1) is 15.6. The number of rotatable bonds is 5. The molecule has 6 nitrogen and oxygen atoms in total. The lowest BCUT2D eigenvalue weighted by Gasteiger charge is -2.40. The van der Waals surface area contributed by atoms with Crippen LogP contribution < -0.4 is 5.32 Å². The van der Waals surface area contributed by atoms with Crippen LogP contribution in [0.4, 0.5) is 28.0 Å². The van der Waals surface area contributed by atoms with Crippen molar-refractivity contribution in [2.24, 2.45) is 0 Å². The Balaban J connectivity index is 1.51. The molecule has 1 N–H and O–H groups in total. The van der Waals surface area contributed by atoms with Crippen LogP contribution in [0.5, 0.6) is 0 Å². The van der Waals surface area contributed by atoms with Gasteiger partial charge in [0.25, 0.3) is 0 Å². The summed E-state index contributed by atoms with van der Waals surface area (Å²) in [6.07, 6.45) is -2.93. The second kappa shape index (κ2) is 8.89. The third kappa shape index (κ3) is 4.87. The number of imide groups is 1. The van der Waals surface area contributed by atoms with Crippen LogP contribution in [0.25, 0.3) is 0 Å². The number of urea groups is 1.